The molecule has 1 aliphatic rings. The summed E-state index contributed by atoms with van der Waals surface area (Å²) in [4.78, 5) is 4.89. The fraction of sp³-hybridized carbons (Fsp3) is 0. The number of fused-ring (bicyclic) bond motifs is 19. The van der Waals surface area contributed by atoms with Crippen LogP contribution in [0.1, 0.15) is 0 Å². The maximum absolute atomic E-state index is 7.07. The van der Waals surface area contributed by atoms with Gasteiger partial charge >= 0.3 is 0 Å². The highest BCUT2D eigenvalue weighted by Gasteiger charge is 2.28. The number of nitrogens with zero attached hydrogens (tertiary/aromatic N) is 2. The summed E-state index contributed by atoms with van der Waals surface area (Å²) < 4.78 is 7.07. The summed E-state index contributed by atoms with van der Waals surface area (Å²) in [6, 6.07) is 102. The average molecular weight is 955 g/mol. The van der Waals surface area contributed by atoms with Gasteiger partial charge in [-0.2, -0.15) is 0 Å². The molecule has 0 atom stereocenters. The van der Waals surface area contributed by atoms with E-state index in [2.05, 4.69) is 289 Å². The van der Waals surface area contributed by atoms with E-state index in [0.717, 1.165) is 111 Å². The zero-order chi connectivity index (χ0) is 49.4. The summed E-state index contributed by atoms with van der Waals surface area (Å²) in [6.45, 7) is 0. The van der Waals surface area contributed by atoms with Crippen molar-refractivity contribution in [3.05, 3.63) is 279 Å². The Morgan fingerprint density at radius 2 is 0.733 bits per heavy atom. The highest BCUT2D eigenvalue weighted by Crippen LogP contribution is 2.53. The van der Waals surface area contributed by atoms with Crippen molar-refractivity contribution in [2.75, 3.05) is 9.80 Å². The third-order valence-corrected chi connectivity index (χ3v) is 15.4. The van der Waals surface area contributed by atoms with E-state index < -0.39 is 0 Å². The van der Waals surface area contributed by atoms with Crippen molar-refractivity contribution in [3.63, 3.8) is 0 Å². The summed E-state index contributed by atoms with van der Waals surface area (Å²) in [5.74, 6) is 0. The Bertz CT molecular complexity index is 4670. The highest BCUT2D eigenvalue weighted by molar-refractivity contribution is 6.31. The van der Waals surface area contributed by atoms with Gasteiger partial charge in [-0.05, 0) is 132 Å². The molecule has 0 unspecified atom stereocenters. The van der Waals surface area contributed by atoms with E-state index in [1.54, 1.807) is 0 Å². The molecule has 15 rings (SSSR count). The minimum atomic E-state index is 0.873. The average Bonchev–Trinajstić information content (AvgIpc) is 3.86. The smallest absolute Gasteiger partial charge is 0.143 e. The van der Waals surface area contributed by atoms with Crippen molar-refractivity contribution >= 4 is 110 Å². The van der Waals surface area contributed by atoms with Crippen LogP contribution in [-0.2, 0) is 0 Å². The second-order valence-electron chi connectivity index (χ2n) is 19.5. The monoisotopic (exact) mass is 954 g/mol. The van der Waals surface area contributed by atoms with Crippen LogP contribution in [0.5, 0.6) is 0 Å². The molecule has 1 aromatic heterocycles. The molecule has 0 bridgehead atoms. The van der Waals surface area contributed by atoms with Crippen LogP contribution in [0.3, 0.4) is 0 Å². The van der Waals surface area contributed by atoms with E-state index in [4.69, 9.17) is 4.42 Å². The molecule has 2 heterocycles. The molecule has 0 fully saturated rings. The van der Waals surface area contributed by atoms with Crippen LogP contribution < -0.4 is 9.80 Å². The molecule has 13 aromatic carbocycles. The van der Waals surface area contributed by atoms with E-state index in [0.29, 0.717) is 0 Å². The Kier molecular flexibility index (Phi) is 9.89. The van der Waals surface area contributed by atoms with E-state index in [1.165, 1.54) is 32.7 Å². The Balaban J connectivity index is 1.09. The first-order valence-corrected chi connectivity index (χ1v) is 25.7. The van der Waals surface area contributed by atoms with Crippen LogP contribution in [0.2, 0.25) is 0 Å². The molecular formula is C72H46N2O. The lowest BCUT2D eigenvalue weighted by atomic mass is 9.92. The third-order valence-electron chi connectivity index (χ3n) is 15.4. The first-order chi connectivity index (χ1) is 37.2. The highest BCUT2D eigenvalue weighted by atomic mass is 16.3. The Hall–Kier alpha value is -9.96. The lowest BCUT2D eigenvalue weighted by Gasteiger charge is -2.29. The summed E-state index contributed by atoms with van der Waals surface area (Å²) in [5, 5.41) is 13.6. The maximum atomic E-state index is 7.07. The fourth-order valence-electron chi connectivity index (χ4n) is 12.1. The van der Waals surface area contributed by atoms with Crippen molar-refractivity contribution in [2.24, 2.45) is 0 Å². The minimum Gasteiger partial charge on any atom is -0.455 e. The van der Waals surface area contributed by atoms with Gasteiger partial charge in [0.15, 0.2) is 0 Å². The summed E-state index contributed by atoms with van der Waals surface area (Å²) in [6.07, 6.45) is 0. The van der Waals surface area contributed by atoms with E-state index in [1.807, 2.05) is 0 Å². The normalized spacial score (nSPS) is 12.0. The van der Waals surface area contributed by atoms with Crippen LogP contribution in [0, 0.1) is 0 Å². The SMILES string of the molecule is c1ccc(-c2ccccc2N(c2ccc3c(c2)-c2ccccc2N(c2ccccc2)c2ccccc2-3)c2ccc3c4ccccc4c4ccccc4c4ccccc4c4c(ccc5c6ccccc6oc54)c3c2)cc1. The third kappa shape index (κ3) is 6.83. The van der Waals surface area contributed by atoms with Crippen molar-refractivity contribution in [1.29, 1.82) is 0 Å². The van der Waals surface area contributed by atoms with Gasteiger partial charge in [0.2, 0.25) is 0 Å². The lowest BCUT2D eigenvalue weighted by Crippen LogP contribution is -2.11. The number of hydrogen-bond donors (Lipinski definition) is 0. The number of benzene rings is 12. The molecule has 0 saturated carbocycles. The Labute approximate surface area is 434 Å². The number of furan rings is 1. The van der Waals surface area contributed by atoms with Crippen LogP contribution >= 0.6 is 0 Å². The van der Waals surface area contributed by atoms with Gasteiger partial charge in [0.1, 0.15) is 11.2 Å². The molecule has 14 aromatic rings. The lowest BCUT2D eigenvalue weighted by molar-refractivity contribution is 0.673. The maximum Gasteiger partial charge on any atom is 0.143 e. The summed E-state index contributed by atoms with van der Waals surface area (Å²) in [7, 11) is 0. The number of anilines is 6. The Morgan fingerprint density at radius 3 is 1.41 bits per heavy atom. The van der Waals surface area contributed by atoms with Gasteiger partial charge in [-0.1, -0.05) is 212 Å². The topological polar surface area (TPSA) is 19.6 Å². The first kappa shape index (κ1) is 42.7. The number of rotatable bonds is 5. The molecular weight excluding hydrogens is 909 g/mol. The van der Waals surface area contributed by atoms with Crippen LogP contribution in [-0.4, -0.2) is 0 Å². The van der Waals surface area contributed by atoms with Gasteiger partial charge in [-0.25, -0.2) is 0 Å². The van der Waals surface area contributed by atoms with Crippen molar-refractivity contribution in [3.8, 4) is 33.4 Å². The van der Waals surface area contributed by atoms with Gasteiger partial charge in [-0.3, -0.25) is 0 Å². The fourth-order valence-corrected chi connectivity index (χ4v) is 12.1. The molecule has 0 radical (unpaired) electrons. The summed E-state index contributed by atoms with van der Waals surface area (Å²) in [5.41, 5.74) is 15.3. The van der Waals surface area contributed by atoms with Crippen LogP contribution in [0.15, 0.2) is 283 Å². The molecule has 0 amide bonds. The first-order valence-electron chi connectivity index (χ1n) is 25.7. The molecule has 75 heavy (non-hydrogen) atoms. The number of para-hydroxylation sites is 5. The van der Waals surface area contributed by atoms with Crippen molar-refractivity contribution in [2.45, 2.75) is 0 Å². The minimum absolute atomic E-state index is 0.873. The van der Waals surface area contributed by atoms with Gasteiger partial charge < -0.3 is 14.2 Å². The largest absolute Gasteiger partial charge is 0.455 e. The second kappa shape index (κ2) is 17.4. The van der Waals surface area contributed by atoms with E-state index >= 15 is 0 Å². The molecule has 3 nitrogen and oxygen atoms in total. The van der Waals surface area contributed by atoms with Gasteiger partial charge in [0.25, 0.3) is 0 Å². The van der Waals surface area contributed by atoms with Gasteiger partial charge in [-0.15, -0.1) is 0 Å². The molecule has 0 saturated heterocycles. The van der Waals surface area contributed by atoms with Crippen molar-refractivity contribution in [1.82, 2.24) is 0 Å². The summed E-state index contributed by atoms with van der Waals surface area (Å²) >= 11 is 0. The zero-order valence-corrected chi connectivity index (χ0v) is 40.9. The Morgan fingerprint density at radius 1 is 0.280 bits per heavy atom. The zero-order valence-electron chi connectivity index (χ0n) is 40.9. The predicted octanol–water partition coefficient (Wildman–Crippen LogP) is 20.7. The predicted molar refractivity (Wildman–Crippen MR) is 318 cm³/mol. The van der Waals surface area contributed by atoms with Crippen LogP contribution in [0.4, 0.5) is 34.1 Å². The quantitative estimate of drug-likeness (QED) is 0.171. The van der Waals surface area contributed by atoms with E-state index in [-0.39, 0.29) is 0 Å². The molecule has 1 aliphatic heterocycles. The van der Waals surface area contributed by atoms with Gasteiger partial charge in [0.05, 0.1) is 17.1 Å². The number of hydrogen-bond acceptors (Lipinski definition) is 3. The molecule has 0 aliphatic carbocycles. The van der Waals surface area contributed by atoms with Gasteiger partial charge in [0, 0.05) is 49.9 Å². The van der Waals surface area contributed by atoms with Crippen molar-refractivity contribution < 1.29 is 4.42 Å². The molecule has 0 N–H and O–H groups in total. The van der Waals surface area contributed by atoms with E-state index in [9.17, 15) is 0 Å². The standard InChI is InChI=1S/C72H46N2O/c1-3-21-47(22-4-1)51-25-13-17-35-67(51)73(49-40-42-58-59-31-14-18-36-68(59)74(48-23-5-2-6-24-48)69-37-19-15-32-60(69)65(58)45-49)50-39-41-57-55-29-10-8-27-53(55)52-26-7-9-28-54(52)56-30-11-12-34-62(56)71-63(66(57)46-50)43-44-64-61-33-16-20-38-70(61)75-72(64)71/h1-46H. The molecule has 0 spiro atoms. The second-order valence-corrected chi connectivity index (χ2v) is 19.5. The molecule has 350 valence electrons. The molecule has 3 heteroatoms. The van der Waals surface area contributed by atoms with Crippen LogP contribution in [0.25, 0.3) is 109 Å².